The minimum absolute atomic E-state index is 0.0711. The zero-order valence-electron chi connectivity index (χ0n) is 9.66. The van der Waals surface area contributed by atoms with Gasteiger partial charge in [0.2, 0.25) is 5.91 Å². The van der Waals surface area contributed by atoms with Crippen LogP contribution in [0.2, 0.25) is 0 Å². The second kappa shape index (κ2) is 5.14. The van der Waals surface area contributed by atoms with Gasteiger partial charge in [0.25, 0.3) is 0 Å². The number of esters is 1. The zero-order chi connectivity index (χ0) is 11.4. The molecule has 0 bridgehead atoms. The van der Waals surface area contributed by atoms with Crippen molar-refractivity contribution in [2.45, 2.75) is 27.2 Å². The molecule has 0 aromatic carbocycles. The molecule has 0 aromatic heterocycles. The molecule has 0 saturated carbocycles. The normalized spacial score (nSPS) is 21.2. The third-order valence-corrected chi connectivity index (χ3v) is 2.42. The van der Waals surface area contributed by atoms with Crippen LogP contribution in [0.15, 0.2) is 0 Å². The van der Waals surface area contributed by atoms with E-state index < -0.39 is 0 Å². The summed E-state index contributed by atoms with van der Waals surface area (Å²) >= 11 is 0. The molecular formula is C11H19NO3. The van der Waals surface area contributed by atoms with Crippen molar-refractivity contribution < 1.29 is 14.3 Å². The van der Waals surface area contributed by atoms with Crippen LogP contribution in [0.1, 0.15) is 27.2 Å². The fraction of sp³-hybridized carbons (Fsp3) is 0.818. The second-order valence-electron chi connectivity index (χ2n) is 4.35. The second-order valence-corrected chi connectivity index (χ2v) is 4.35. The van der Waals surface area contributed by atoms with E-state index in [4.69, 9.17) is 4.74 Å². The van der Waals surface area contributed by atoms with E-state index in [1.165, 1.54) is 0 Å². The molecule has 1 rings (SSSR count). The van der Waals surface area contributed by atoms with Crippen molar-refractivity contribution >= 4 is 11.9 Å². The minimum Gasteiger partial charge on any atom is -0.466 e. The molecule has 1 saturated heterocycles. The van der Waals surface area contributed by atoms with E-state index in [0.717, 1.165) is 6.54 Å². The number of hydrogen-bond acceptors (Lipinski definition) is 3. The molecule has 1 atom stereocenters. The van der Waals surface area contributed by atoms with E-state index >= 15 is 0 Å². The van der Waals surface area contributed by atoms with Crippen molar-refractivity contribution in [3.8, 4) is 0 Å². The standard InChI is InChI=1S/C11H19NO3/c1-4-15-11(14)9-5-10(13)12(7-9)6-8(2)3/h8-9H,4-7H2,1-3H3/t9-/m1/s1. The lowest BCUT2D eigenvalue weighted by Gasteiger charge is -2.18. The first-order chi connectivity index (χ1) is 7.04. The van der Waals surface area contributed by atoms with Gasteiger partial charge in [-0.2, -0.15) is 0 Å². The number of amides is 1. The lowest BCUT2D eigenvalue weighted by atomic mass is 10.1. The molecule has 86 valence electrons. The number of carbonyl (C=O) groups is 2. The molecule has 4 heteroatoms. The van der Waals surface area contributed by atoms with Crippen LogP contribution in [0.4, 0.5) is 0 Å². The van der Waals surface area contributed by atoms with Gasteiger partial charge in [-0.1, -0.05) is 13.8 Å². The summed E-state index contributed by atoms with van der Waals surface area (Å²) in [5.74, 6) is 0.0185. The average Bonchev–Trinajstić information content (AvgIpc) is 2.47. The Bertz CT molecular complexity index is 250. The van der Waals surface area contributed by atoms with E-state index in [1.807, 2.05) is 0 Å². The Morgan fingerprint density at radius 3 is 2.80 bits per heavy atom. The first-order valence-corrected chi connectivity index (χ1v) is 5.49. The van der Waals surface area contributed by atoms with Gasteiger partial charge in [0.15, 0.2) is 0 Å². The van der Waals surface area contributed by atoms with Gasteiger partial charge in [-0.3, -0.25) is 9.59 Å². The fourth-order valence-electron chi connectivity index (χ4n) is 1.81. The quantitative estimate of drug-likeness (QED) is 0.656. The molecule has 4 nitrogen and oxygen atoms in total. The number of rotatable bonds is 4. The third kappa shape index (κ3) is 3.22. The average molecular weight is 213 g/mol. The van der Waals surface area contributed by atoms with Gasteiger partial charge in [-0.15, -0.1) is 0 Å². The Balaban J connectivity index is 2.48. The van der Waals surface area contributed by atoms with Gasteiger partial charge in [0, 0.05) is 19.5 Å². The van der Waals surface area contributed by atoms with Crippen molar-refractivity contribution in [1.82, 2.24) is 4.90 Å². The SMILES string of the molecule is CCOC(=O)[C@@H]1CC(=O)N(CC(C)C)C1. The summed E-state index contributed by atoms with van der Waals surface area (Å²) < 4.78 is 4.91. The Kier molecular flexibility index (Phi) is 4.12. The molecule has 1 aliphatic rings. The number of hydrogen-bond donors (Lipinski definition) is 0. The predicted octanol–water partition coefficient (Wildman–Crippen LogP) is 1.05. The van der Waals surface area contributed by atoms with E-state index in [9.17, 15) is 9.59 Å². The monoisotopic (exact) mass is 213 g/mol. The van der Waals surface area contributed by atoms with Crippen LogP contribution in [0.5, 0.6) is 0 Å². The van der Waals surface area contributed by atoms with Crippen LogP contribution in [0.25, 0.3) is 0 Å². The topological polar surface area (TPSA) is 46.6 Å². The molecule has 0 spiro atoms. The van der Waals surface area contributed by atoms with Gasteiger partial charge >= 0.3 is 5.97 Å². The molecule has 0 unspecified atom stereocenters. The molecular weight excluding hydrogens is 194 g/mol. The first-order valence-electron chi connectivity index (χ1n) is 5.49. The molecule has 0 radical (unpaired) electrons. The highest BCUT2D eigenvalue weighted by Crippen LogP contribution is 2.20. The molecule has 0 aromatic rings. The molecule has 1 amide bonds. The first kappa shape index (κ1) is 12.0. The minimum atomic E-state index is -0.254. The molecule has 1 heterocycles. The van der Waals surface area contributed by atoms with Crippen LogP contribution in [-0.2, 0) is 14.3 Å². The number of likely N-dealkylation sites (tertiary alicyclic amines) is 1. The Labute approximate surface area is 90.6 Å². The lowest BCUT2D eigenvalue weighted by Crippen LogP contribution is -2.30. The highest BCUT2D eigenvalue weighted by atomic mass is 16.5. The van der Waals surface area contributed by atoms with Crippen LogP contribution in [-0.4, -0.2) is 36.5 Å². The van der Waals surface area contributed by atoms with Gasteiger partial charge in [0.1, 0.15) is 0 Å². The van der Waals surface area contributed by atoms with Crippen molar-refractivity contribution in [3.63, 3.8) is 0 Å². The Morgan fingerprint density at radius 1 is 1.60 bits per heavy atom. The zero-order valence-corrected chi connectivity index (χ0v) is 9.66. The van der Waals surface area contributed by atoms with Crippen molar-refractivity contribution in [3.05, 3.63) is 0 Å². The van der Waals surface area contributed by atoms with Crippen LogP contribution in [0, 0.1) is 11.8 Å². The van der Waals surface area contributed by atoms with E-state index in [1.54, 1.807) is 11.8 Å². The highest BCUT2D eigenvalue weighted by molar-refractivity contribution is 5.86. The van der Waals surface area contributed by atoms with Crippen LogP contribution >= 0.6 is 0 Å². The van der Waals surface area contributed by atoms with Crippen LogP contribution < -0.4 is 0 Å². The molecule has 1 fully saturated rings. The van der Waals surface area contributed by atoms with E-state index in [0.29, 0.717) is 25.5 Å². The molecule has 15 heavy (non-hydrogen) atoms. The van der Waals surface area contributed by atoms with Crippen molar-refractivity contribution in [1.29, 1.82) is 0 Å². The lowest BCUT2D eigenvalue weighted by molar-refractivity contribution is -0.147. The maximum Gasteiger partial charge on any atom is 0.311 e. The summed E-state index contributed by atoms with van der Waals surface area (Å²) in [6.45, 7) is 7.54. The Hall–Kier alpha value is -1.06. The van der Waals surface area contributed by atoms with E-state index in [-0.39, 0.29) is 17.8 Å². The van der Waals surface area contributed by atoms with Crippen molar-refractivity contribution in [2.75, 3.05) is 19.7 Å². The summed E-state index contributed by atoms with van der Waals surface area (Å²) in [5.41, 5.74) is 0. The summed E-state index contributed by atoms with van der Waals surface area (Å²) in [4.78, 5) is 24.7. The molecule has 1 aliphatic heterocycles. The summed E-state index contributed by atoms with van der Waals surface area (Å²) in [5, 5.41) is 0. The summed E-state index contributed by atoms with van der Waals surface area (Å²) in [6, 6.07) is 0. The van der Waals surface area contributed by atoms with Gasteiger partial charge in [-0.05, 0) is 12.8 Å². The smallest absolute Gasteiger partial charge is 0.311 e. The summed E-state index contributed by atoms with van der Waals surface area (Å²) in [7, 11) is 0. The van der Waals surface area contributed by atoms with E-state index in [2.05, 4.69) is 13.8 Å². The van der Waals surface area contributed by atoms with Crippen molar-refractivity contribution in [2.24, 2.45) is 11.8 Å². The van der Waals surface area contributed by atoms with Gasteiger partial charge in [0.05, 0.1) is 12.5 Å². The number of carbonyl (C=O) groups excluding carboxylic acids is 2. The highest BCUT2D eigenvalue weighted by Gasteiger charge is 2.35. The maximum absolute atomic E-state index is 11.5. The van der Waals surface area contributed by atoms with Gasteiger partial charge in [-0.25, -0.2) is 0 Å². The molecule has 0 N–H and O–H groups in total. The third-order valence-electron chi connectivity index (χ3n) is 2.42. The fourth-order valence-corrected chi connectivity index (χ4v) is 1.81. The number of ether oxygens (including phenoxy) is 1. The number of nitrogens with zero attached hydrogens (tertiary/aromatic N) is 1. The predicted molar refractivity (Wildman–Crippen MR) is 56.2 cm³/mol. The van der Waals surface area contributed by atoms with Crippen LogP contribution in [0.3, 0.4) is 0 Å². The summed E-state index contributed by atoms with van der Waals surface area (Å²) in [6.07, 6.45) is 0.311. The molecule has 0 aliphatic carbocycles. The Morgan fingerprint density at radius 2 is 2.27 bits per heavy atom. The largest absolute Gasteiger partial charge is 0.466 e. The van der Waals surface area contributed by atoms with Gasteiger partial charge < -0.3 is 9.64 Å². The maximum atomic E-state index is 11.5.